The summed E-state index contributed by atoms with van der Waals surface area (Å²) in [4.78, 5) is 50.2. The van der Waals surface area contributed by atoms with Gasteiger partial charge in [-0.25, -0.2) is 14.7 Å². The van der Waals surface area contributed by atoms with Gasteiger partial charge in [0.15, 0.2) is 11.8 Å². The van der Waals surface area contributed by atoms with Crippen LogP contribution in [0.25, 0.3) is 0 Å². The highest BCUT2D eigenvalue weighted by Crippen LogP contribution is 2.35. The van der Waals surface area contributed by atoms with Crippen LogP contribution in [0.1, 0.15) is 12.5 Å². The number of hydrogen-bond donors (Lipinski definition) is 0. The fourth-order valence-corrected chi connectivity index (χ4v) is 2.90. The summed E-state index contributed by atoms with van der Waals surface area (Å²) in [7, 11) is 1.15. The highest BCUT2D eigenvalue weighted by Gasteiger charge is 2.59. The molecule has 2 aliphatic rings. The normalized spacial score (nSPS) is 22.5. The van der Waals surface area contributed by atoms with E-state index in [9.17, 15) is 19.2 Å². The number of hydrazone groups is 1. The van der Waals surface area contributed by atoms with E-state index in [1.807, 2.05) is 6.92 Å². The molecule has 0 unspecified atom stereocenters. The standard InChI is InChI=1S/C16H15N3O5/c1-8-4-6-10(7-5-8)18-14(21)11-12(16(23)24-3)17-19(9(2)20)13(11)15(18)22/h4-7,11,13H,1-3H3/t11-,13-/m0/s1. The fourth-order valence-electron chi connectivity index (χ4n) is 2.90. The Balaban J connectivity index is 2.05. The SMILES string of the molecule is COC(=O)C1=NN(C(C)=O)[C@@H]2C(=O)N(c3ccc(C)cc3)C(=O)[C@@H]12. The minimum atomic E-state index is -1.15. The molecule has 2 aliphatic heterocycles. The minimum absolute atomic E-state index is 0.231. The molecule has 0 spiro atoms. The summed E-state index contributed by atoms with van der Waals surface area (Å²) in [6.07, 6.45) is 0. The molecule has 3 amide bonds. The van der Waals surface area contributed by atoms with Gasteiger partial charge in [-0.05, 0) is 19.1 Å². The molecular weight excluding hydrogens is 314 g/mol. The van der Waals surface area contributed by atoms with Crippen molar-refractivity contribution < 1.29 is 23.9 Å². The lowest BCUT2D eigenvalue weighted by Gasteiger charge is -2.19. The van der Waals surface area contributed by atoms with Gasteiger partial charge in [0.25, 0.3) is 5.91 Å². The van der Waals surface area contributed by atoms with Gasteiger partial charge in [-0.1, -0.05) is 17.7 Å². The highest BCUT2D eigenvalue weighted by atomic mass is 16.5. The molecule has 0 radical (unpaired) electrons. The monoisotopic (exact) mass is 329 g/mol. The van der Waals surface area contributed by atoms with Gasteiger partial charge in [-0.2, -0.15) is 5.10 Å². The summed E-state index contributed by atoms with van der Waals surface area (Å²) in [5.74, 6) is -3.69. The predicted octanol–water partition coefficient (Wildman–Crippen LogP) is 0.244. The van der Waals surface area contributed by atoms with Crippen LogP contribution in [0.5, 0.6) is 0 Å². The van der Waals surface area contributed by atoms with Crippen LogP contribution >= 0.6 is 0 Å². The maximum Gasteiger partial charge on any atom is 0.355 e. The third-order valence-corrected chi connectivity index (χ3v) is 4.06. The third-order valence-electron chi connectivity index (χ3n) is 4.06. The van der Waals surface area contributed by atoms with Crippen LogP contribution in [0, 0.1) is 12.8 Å². The summed E-state index contributed by atoms with van der Waals surface area (Å²) in [5.41, 5.74) is 1.13. The van der Waals surface area contributed by atoms with Gasteiger partial charge in [-0.15, -0.1) is 0 Å². The molecule has 2 heterocycles. The van der Waals surface area contributed by atoms with E-state index in [0.717, 1.165) is 22.6 Å². The van der Waals surface area contributed by atoms with Crippen molar-refractivity contribution in [3.63, 3.8) is 0 Å². The second-order valence-electron chi connectivity index (χ2n) is 5.61. The number of rotatable bonds is 2. The topological polar surface area (TPSA) is 96.3 Å². The summed E-state index contributed by atoms with van der Waals surface area (Å²) < 4.78 is 4.62. The molecule has 0 saturated carbocycles. The second-order valence-corrected chi connectivity index (χ2v) is 5.61. The zero-order valence-corrected chi connectivity index (χ0v) is 13.3. The number of fused-ring (bicyclic) bond motifs is 1. The Labute approximate surface area is 137 Å². The van der Waals surface area contributed by atoms with Gasteiger partial charge in [0.2, 0.25) is 11.8 Å². The van der Waals surface area contributed by atoms with Crippen LogP contribution in [0.2, 0.25) is 0 Å². The number of esters is 1. The molecule has 1 aromatic rings. The number of amides is 3. The molecule has 1 aromatic carbocycles. The fraction of sp³-hybridized carbons (Fsp3) is 0.312. The first kappa shape index (κ1) is 15.9. The van der Waals surface area contributed by atoms with Crippen LogP contribution < -0.4 is 4.90 Å². The van der Waals surface area contributed by atoms with Gasteiger partial charge < -0.3 is 4.74 Å². The summed E-state index contributed by atoms with van der Waals surface area (Å²) in [5, 5.41) is 4.72. The van der Waals surface area contributed by atoms with Crippen LogP contribution in [0.3, 0.4) is 0 Å². The van der Waals surface area contributed by atoms with Crippen molar-refractivity contribution in [3.8, 4) is 0 Å². The molecule has 8 heteroatoms. The van der Waals surface area contributed by atoms with Crippen molar-refractivity contribution in [1.82, 2.24) is 5.01 Å². The highest BCUT2D eigenvalue weighted by molar-refractivity contribution is 6.47. The number of ether oxygens (including phenoxy) is 1. The Morgan fingerprint density at radius 2 is 1.75 bits per heavy atom. The number of carbonyl (C=O) groups excluding carboxylic acids is 4. The number of hydrogen-bond acceptors (Lipinski definition) is 6. The van der Waals surface area contributed by atoms with Gasteiger partial charge >= 0.3 is 5.97 Å². The third kappa shape index (κ3) is 2.18. The predicted molar refractivity (Wildman–Crippen MR) is 82.9 cm³/mol. The van der Waals surface area contributed by atoms with Gasteiger partial charge in [0, 0.05) is 6.92 Å². The maximum atomic E-state index is 12.8. The van der Waals surface area contributed by atoms with E-state index in [4.69, 9.17) is 0 Å². The Kier molecular flexibility index (Phi) is 3.67. The first-order valence-electron chi connectivity index (χ1n) is 7.28. The lowest BCUT2D eigenvalue weighted by molar-refractivity contribution is -0.136. The molecular formula is C16H15N3O5. The second kappa shape index (κ2) is 5.55. The van der Waals surface area contributed by atoms with E-state index in [2.05, 4.69) is 9.84 Å². The van der Waals surface area contributed by atoms with Crippen LogP contribution in [0.4, 0.5) is 5.69 Å². The molecule has 3 rings (SSSR count). The van der Waals surface area contributed by atoms with E-state index in [1.165, 1.54) is 6.92 Å². The van der Waals surface area contributed by atoms with Crippen molar-refractivity contribution in [2.24, 2.45) is 11.0 Å². The number of anilines is 1. The van der Waals surface area contributed by atoms with E-state index < -0.39 is 35.7 Å². The number of imide groups is 1. The Bertz CT molecular complexity index is 783. The zero-order valence-electron chi connectivity index (χ0n) is 13.3. The first-order chi connectivity index (χ1) is 11.4. The number of carbonyl (C=O) groups is 4. The zero-order chi connectivity index (χ0) is 17.6. The van der Waals surface area contributed by atoms with Crippen LogP contribution in [0.15, 0.2) is 29.4 Å². The quantitative estimate of drug-likeness (QED) is 0.572. The molecule has 2 atom stereocenters. The number of benzene rings is 1. The molecule has 8 nitrogen and oxygen atoms in total. The molecule has 1 saturated heterocycles. The van der Waals surface area contributed by atoms with E-state index in [0.29, 0.717) is 5.69 Å². The molecule has 24 heavy (non-hydrogen) atoms. The van der Waals surface area contributed by atoms with Crippen molar-refractivity contribution in [3.05, 3.63) is 29.8 Å². The van der Waals surface area contributed by atoms with Crippen molar-refractivity contribution in [1.29, 1.82) is 0 Å². The number of nitrogens with zero attached hydrogens (tertiary/aromatic N) is 3. The lowest BCUT2D eigenvalue weighted by atomic mass is 9.98. The van der Waals surface area contributed by atoms with Crippen LogP contribution in [-0.2, 0) is 23.9 Å². The Morgan fingerprint density at radius 3 is 2.29 bits per heavy atom. The molecule has 124 valence electrons. The number of methoxy groups -OCH3 is 1. The summed E-state index contributed by atoms with van der Waals surface area (Å²) in [6.45, 7) is 3.10. The van der Waals surface area contributed by atoms with Gasteiger partial charge in [-0.3, -0.25) is 14.4 Å². The summed E-state index contributed by atoms with van der Waals surface area (Å²) in [6, 6.07) is 5.66. The molecule has 1 fully saturated rings. The molecule has 0 aromatic heterocycles. The van der Waals surface area contributed by atoms with E-state index in [1.54, 1.807) is 24.3 Å². The van der Waals surface area contributed by atoms with E-state index in [-0.39, 0.29) is 5.71 Å². The largest absolute Gasteiger partial charge is 0.464 e. The smallest absolute Gasteiger partial charge is 0.355 e. The van der Waals surface area contributed by atoms with Crippen molar-refractivity contribution in [2.75, 3.05) is 12.0 Å². The summed E-state index contributed by atoms with van der Waals surface area (Å²) >= 11 is 0. The minimum Gasteiger partial charge on any atom is -0.464 e. The van der Waals surface area contributed by atoms with Crippen LogP contribution in [-0.4, -0.2) is 47.6 Å². The average molecular weight is 329 g/mol. The van der Waals surface area contributed by atoms with Crippen molar-refractivity contribution >= 4 is 35.1 Å². The Morgan fingerprint density at radius 1 is 1.12 bits per heavy atom. The first-order valence-corrected chi connectivity index (χ1v) is 7.28. The number of aryl methyl sites for hydroxylation is 1. The Hall–Kier alpha value is -3.03. The lowest BCUT2D eigenvalue weighted by Crippen LogP contribution is -2.41. The maximum absolute atomic E-state index is 12.8. The average Bonchev–Trinajstić information content (AvgIpc) is 3.06. The molecule has 0 aliphatic carbocycles. The van der Waals surface area contributed by atoms with Gasteiger partial charge in [0.1, 0.15) is 5.92 Å². The molecule has 0 bridgehead atoms. The van der Waals surface area contributed by atoms with Gasteiger partial charge in [0.05, 0.1) is 12.8 Å². The van der Waals surface area contributed by atoms with E-state index >= 15 is 0 Å². The van der Waals surface area contributed by atoms with Crippen molar-refractivity contribution in [2.45, 2.75) is 19.9 Å². The molecule has 0 N–H and O–H groups in total.